The maximum Gasteiger partial charge on any atom is 0.324 e. The standard InChI is InChI=1S/C15H14N2O2/c18-14-10-16-15(19)17(14)9-8-12-6-3-5-11-4-1-2-7-13(11)12/h1-7H,8-10H2,(H,16,19). The molecule has 4 heteroatoms. The van der Waals surface area contributed by atoms with E-state index >= 15 is 0 Å². The molecule has 0 bridgehead atoms. The number of hydrogen-bond donors (Lipinski definition) is 1. The van der Waals surface area contributed by atoms with Gasteiger partial charge in [-0.1, -0.05) is 42.5 Å². The predicted octanol–water partition coefficient (Wildman–Crippen LogP) is 1.93. The quantitative estimate of drug-likeness (QED) is 0.851. The fourth-order valence-corrected chi connectivity index (χ4v) is 2.42. The van der Waals surface area contributed by atoms with E-state index in [9.17, 15) is 9.59 Å². The summed E-state index contributed by atoms with van der Waals surface area (Å²) in [5, 5.41) is 4.89. The second-order valence-electron chi connectivity index (χ2n) is 4.59. The third-order valence-corrected chi connectivity index (χ3v) is 3.42. The number of imide groups is 1. The fourth-order valence-electron chi connectivity index (χ4n) is 2.42. The van der Waals surface area contributed by atoms with E-state index in [1.54, 1.807) is 0 Å². The Morgan fingerprint density at radius 3 is 2.63 bits per heavy atom. The van der Waals surface area contributed by atoms with Crippen molar-refractivity contribution in [2.24, 2.45) is 0 Å². The van der Waals surface area contributed by atoms with Gasteiger partial charge in [-0.15, -0.1) is 0 Å². The molecule has 1 aliphatic rings. The lowest BCUT2D eigenvalue weighted by Gasteiger charge is -2.13. The van der Waals surface area contributed by atoms with Gasteiger partial charge in [0.15, 0.2) is 0 Å². The lowest BCUT2D eigenvalue weighted by Crippen LogP contribution is -2.32. The van der Waals surface area contributed by atoms with Crippen LogP contribution in [0.1, 0.15) is 5.56 Å². The number of nitrogens with zero attached hydrogens (tertiary/aromatic N) is 1. The highest BCUT2D eigenvalue weighted by molar-refractivity contribution is 6.02. The van der Waals surface area contributed by atoms with Gasteiger partial charge in [0.1, 0.15) is 0 Å². The summed E-state index contributed by atoms with van der Waals surface area (Å²) < 4.78 is 0. The molecule has 96 valence electrons. The Balaban J connectivity index is 1.82. The average Bonchev–Trinajstić information content (AvgIpc) is 2.76. The number of rotatable bonds is 3. The molecule has 0 saturated carbocycles. The van der Waals surface area contributed by atoms with Crippen LogP contribution in [-0.4, -0.2) is 29.9 Å². The highest BCUT2D eigenvalue weighted by Crippen LogP contribution is 2.19. The summed E-state index contributed by atoms with van der Waals surface area (Å²) in [5.41, 5.74) is 1.16. The van der Waals surface area contributed by atoms with Gasteiger partial charge in [-0.05, 0) is 22.8 Å². The molecular formula is C15H14N2O2. The second-order valence-corrected chi connectivity index (χ2v) is 4.59. The van der Waals surface area contributed by atoms with Crippen molar-refractivity contribution in [3.63, 3.8) is 0 Å². The molecule has 0 unspecified atom stereocenters. The first-order valence-electron chi connectivity index (χ1n) is 6.30. The number of amides is 3. The minimum atomic E-state index is -0.287. The minimum Gasteiger partial charge on any atom is -0.329 e. The molecule has 0 atom stereocenters. The van der Waals surface area contributed by atoms with Crippen molar-refractivity contribution in [3.05, 3.63) is 48.0 Å². The van der Waals surface area contributed by atoms with Crippen molar-refractivity contribution in [3.8, 4) is 0 Å². The van der Waals surface area contributed by atoms with Crippen LogP contribution < -0.4 is 5.32 Å². The van der Waals surface area contributed by atoms with Gasteiger partial charge in [0.05, 0.1) is 6.54 Å². The maximum absolute atomic E-state index is 11.5. The second kappa shape index (κ2) is 4.72. The van der Waals surface area contributed by atoms with E-state index in [4.69, 9.17) is 0 Å². The zero-order valence-electron chi connectivity index (χ0n) is 10.4. The largest absolute Gasteiger partial charge is 0.329 e. The number of fused-ring (bicyclic) bond motifs is 1. The lowest BCUT2D eigenvalue weighted by atomic mass is 10.0. The van der Waals surface area contributed by atoms with Gasteiger partial charge in [0.25, 0.3) is 0 Å². The number of carbonyl (C=O) groups is 2. The van der Waals surface area contributed by atoms with E-state index in [2.05, 4.69) is 23.5 Å². The summed E-state index contributed by atoms with van der Waals surface area (Å²) in [4.78, 5) is 24.3. The van der Waals surface area contributed by atoms with Crippen LogP contribution in [0.4, 0.5) is 4.79 Å². The van der Waals surface area contributed by atoms with Gasteiger partial charge < -0.3 is 5.32 Å². The van der Waals surface area contributed by atoms with Crippen molar-refractivity contribution in [2.45, 2.75) is 6.42 Å². The van der Waals surface area contributed by atoms with Crippen molar-refractivity contribution in [1.29, 1.82) is 0 Å². The molecule has 2 aromatic carbocycles. The highest BCUT2D eigenvalue weighted by Gasteiger charge is 2.27. The van der Waals surface area contributed by atoms with Crippen LogP contribution in [0.2, 0.25) is 0 Å². The number of benzene rings is 2. The van der Waals surface area contributed by atoms with Crippen LogP contribution in [0.25, 0.3) is 10.8 Å². The first-order chi connectivity index (χ1) is 9.25. The molecule has 4 nitrogen and oxygen atoms in total. The fraction of sp³-hybridized carbons (Fsp3) is 0.200. The molecule has 0 aliphatic carbocycles. The van der Waals surface area contributed by atoms with Gasteiger partial charge in [-0.25, -0.2) is 4.79 Å². The third kappa shape index (κ3) is 2.17. The van der Waals surface area contributed by atoms with E-state index in [0.717, 1.165) is 5.56 Å². The van der Waals surface area contributed by atoms with Crippen LogP contribution in [0.5, 0.6) is 0 Å². The average molecular weight is 254 g/mol. The van der Waals surface area contributed by atoms with Gasteiger partial charge in [-0.3, -0.25) is 9.69 Å². The zero-order valence-corrected chi connectivity index (χ0v) is 10.4. The number of nitrogens with one attached hydrogen (secondary N) is 1. The Morgan fingerprint density at radius 1 is 1.05 bits per heavy atom. The summed E-state index contributed by atoms with van der Waals surface area (Å²) in [5.74, 6) is -0.148. The molecule has 0 aromatic heterocycles. The van der Waals surface area contributed by atoms with Crippen molar-refractivity contribution in [2.75, 3.05) is 13.1 Å². The number of carbonyl (C=O) groups excluding carboxylic acids is 2. The Kier molecular flexibility index (Phi) is 2.91. The van der Waals surface area contributed by atoms with Crippen molar-refractivity contribution >= 4 is 22.7 Å². The summed E-state index contributed by atoms with van der Waals surface area (Å²) in [6.07, 6.45) is 0.681. The van der Waals surface area contributed by atoms with E-state index in [-0.39, 0.29) is 18.5 Å². The monoisotopic (exact) mass is 254 g/mol. The van der Waals surface area contributed by atoms with Crippen LogP contribution in [0.3, 0.4) is 0 Å². The molecule has 1 saturated heterocycles. The molecule has 1 heterocycles. The van der Waals surface area contributed by atoms with Crippen LogP contribution in [0, 0.1) is 0 Å². The molecule has 0 radical (unpaired) electrons. The van der Waals surface area contributed by atoms with Crippen LogP contribution >= 0.6 is 0 Å². The van der Waals surface area contributed by atoms with Crippen LogP contribution in [0.15, 0.2) is 42.5 Å². The lowest BCUT2D eigenvalue weighted by molar-refractivity contribution is -0.124. The highest BCUT2D eigenvalue weighted by atomic mass is 16.2. The van der Waals surface area contributed by atoms with Crippen LogP contribution in [-0.2, 0) is 11.2 Å². The summed E-state index contributed by atoms with van der Waals surface area (Å²) in [7, 11) is 0. The Morgan fingerprint density at radius 2 is 1.84 bits per heavy atom. The smallest absolute Gasteiger partial charge is 0.324 e. The number of hydrogen-bond acceptors (Lipinski definition) is 2. The van der Waals surface area contributed by atoms with E-state index in [0.29, 0.717) is 13.0 Å². The topological polar surface area (TPSA) is 49.4 Å². The third-order valence-electron chi connectivity index (χ3n) is 3.42. The van der Waals surface area contributed by atoms with Gasteiger partial charge >= 0.3 is 6.03 Å². The van der Waals surface area contributed by atoms with E-state index in [1.165, 1.54) is 15.7 Å². The molecule has 1 fully saturated rings. The molecule has 2 aromatic rings. The van der Waals surface area contributed by atoms with Gasteiger partial charge in [0.2, 0.25) is 5.91 Å². The first-order valence-corrected chi connectivity index (χ1v) is 6.30. The van der Waals surface area contributed by atoms with Crippen molar-refractivity contribution in [1.82, 2.24) is 10.2 Å². The maximum atomic E-state index is 11.5. The van der Waals surface area contributed by atoms with Crippen molar-refractivity contribution < 1.29 is 9.59 Å². The Hall–Kier alpha value is -2.36. The number of urea groups is 1. The van der Waals surface area contributed by atoms with E-state index < -0.39 is 0 Å². The molecule has 3 amide bonds. The molecular weight excluding hydrogens is 240 g/mol. The first kappa shape index (κ1) is 11.7. The SMILES string of the molecule is O=C1CNC(=O)N1CCc1cccc2ccccc12. The van der Waals surface area contributed by atoms with Gasteiger partial charge in [-0.2, -0.15) is 0 Å². The normalized spacial score (nSPS) is 15.1. The summed E-state index contributed by atoms with van der Waals surface area (Å²) in [6.45, 7) is 0.549. The molecule has 3 rings (SSSR count). The Bertz CT molecular complexity index is 630. The molecule has 1 N–H and O–H groups in total. The summed E-state index contributed by atoms with van der Waals surface area (Å²) in [6, 6.07) is 14.0. The Labute approximate surface area is 111 Å². The molecule has 0 spiro atoms. The molecule has 19 heavy (non-hydrogen) atoms. The molecule has 1 aliphatic heterocycles. The summed E-state index contributed by atoms with van der Waals surface area (Å²) >= 11 is 0. The predicted molar refractivity (Wildman–Crippen MR) is 72.8 cm³/mol. The zero-order chi connectivity index (χ0) is 13.2. The van der Waals surface area contributed by atoms with Gasteiger partial charge in [0, 0.05) is 6.54 Å². The van der Waals surface area contributed by atoms with E-state index in [1.807, 2.05) is 24.3 Å². The minimum absolute atomic E-state index is 0.119.